The highest BCUT2D eigenvalue weighted by atomic mass is 32.2. The van der Waals surface area contributed by atoms with Gasteiger partial charge in [0.15, 0.2) is 5.82 Å². The number of nitrogens with one attached hydrogen (secondary N) is 1. The number of amides is 1. The highest BCUT2D eigenvalue weighted by Gasteiger charge is 2.29. The van der Waals surface area contributed by atoms with E-state index >= 15 is 0 Å². The molecule has 0 saturated heterocycles. The lowest BCUT2D eigenvalue weighted by Crippen LogP contribution is -2.22. The molecule has 108 valence electrons. The van der Waals surface area contributed by atoms with Crippen LogP contribution in [-0.2, 0) is 4.79 Å². The maximum atomic E-state index is 13.7. The normalized spacial score (nSPS) is 16.6. The van der Waals surface area contributed by atoms with Crippen molar-refractivity contribution in [2.24, 2.45) is 0 Å². The van der Waals surface area contributed by atoms with Gasteiger partial charge in [-0.15, -0.1) is 11.8 Å². The second-order valence-electron chi connectivity index (χ2n) is 4.74. The van der Waals surface area contributed by atoms with E-state index in [9.17, 15) is 13.6 Å². The number of nitrogen functional groups attached to an aromatic ring is 1. The molecule has 6 heteroatoms. The molecule has 0 fully saturated rings. The standard InChI is InChI=1S/C15H12F2N2OS/c16-8-5-11(17)14(12(18)6-8)19-15(20)10-7-21-13-4-2-1-3-9(10)13/h1-6,10H,7,18H2,(H,19,20). The van der Waals surface area contributed by atoms with Gasteiger partial charge in [0, 0.05) is 16.7 Å². The predicted octanol–water partition coefficient (Wildman–Crippen LogP) is 3.38. The summed E-state index contributed by atoms with van der Waals surface area (Å²) in [5, 5.41) is 2.47. The average Bonchev–Trinajstić information content (AvgIpc) is 2.86. The van der Waals surface area contributed by atoms with Gasteiger partial charge in [0.25, 0.3) is 0 Å². The number of halogens is 2. The fourth-order valence-electron chi connectivity index (χ4n) is 2.32. The Morgan fingerprint density at radius 2 is 2.05 bits per heavy atom. The molecule has 0 radical (unpaired) electrons. The smallest absolute Gasteiger partial charge is 0.232 e. The lowest BCUT2D eigenvalue weighted by atomic mass is 10.0. The molecule has 3 N–H and O–H groups in total. The molecule has 0 bridgehead atoms. The van der Waals surface area contributed by atoms with E-state index < -0.39 is 11.6 Å². The largest absolute Gasteiger partial charge is 0.397 e. The SMILES string of the molecule is Nc1cc(F)cc(F)c1NC(=O)C1CSc2ccccc21. The Morgan fingerprint density at radius 3 is 2.81 bits per heavy atom. The minimum Gasteiger partial charge on any atom is -0.397 e. The monoisotopic (exact) mass is 306 g/mol. The molecule has 1 unspecified atom stereocenters. The molecule has 1 aliphatic heterocycles. The van der Waals surface area contributed by atoms with Gasteiger partial charge in [0.1, 0.15) is 11.5 Å². The van der Waals surface area contributed by atoms with Crippen molar-refractivity contribution in [3.63, 3.8) is 0 Å². The lowest BCUT2D eigenvalue weighted by molar-refractivity contribution is -0.117. The van der Waals surface area contributed by atoms with Crippen LogP contribution in [0.25, 0.3) is 0 Å². The Labute approximate surface area is 124 Å². The number of benzene rings is 2. The van der Waals surface area contributed by atoms with Crippen LogP contribution in [0, 0.1) is 11.6 Å². The van der Waals surface area contributed by atoms with Gasteiger partial charge in [0.2, 0.25) is 5.91 Å². The van der Waals surface area contributed by atoms with E-state index in [0.29, 0.717) is 11.8 Å². The first kappa shape index (κ1) is 13.9. The summed E-state index contributed by atoms with van der Waals surface area (Å²) in [6.07, 6.45) is 0. The Bertz CT molecular complexity index is 698. The zero-order chi connectivity index (χ0) is 15.0. The molecule has 1 amide bonds. The summed E-state index contributed by atoms with van der Waals surface area (Å²) in [7, 11) is 0. The number of thioether (sulfide) groups is 1. The Kier molecular flexibility index (Phi) is 3.55. The van der Waals surface area contributed by atoms with Crippen molar-refractivity contribution in [1.29, 1.82) is 0 Å². The molecule has 3 rings (SSSR count). The van der Waals surface area contributed by atoms with Crippen molar-refractivity contribution in [3.8, 4) is 0 Å². The zero-order valence-electron chi connectivity index (χ0n) is 10.9. The predicted molar refractivity (Wildman–Crippen MR) is 79.3 cm³/mol. The average molecular weight is 306 g/mol. The van der Waals surface area contributed by atoms with Crippen molar-refractivity contribution >= 4 is 29.0 Å². The van der Waals surface area contributed by atoms with Gasteiger partial charge in [-0.25, -0.2) is 8.78 Å². The molecule has 0 aromatic heterocycles. The van der Waals surface area contributed by atoms with E-state index in [1.807, 2.05) is 24.3 Å². The van der Waals surface area contributed by atoms with Crippen LogP contribution < -0.4 is 11.1 Å². The molecule has 1 aliphatic rings. The van der Waals surface area contributed by atoms with Gasteiger partial charge in [0.05, 0.1) is 11.6 Å². The molecule has 3 nitrogen and oxygen atoms in total. The second-order valence-corrected chi connectivity index (χ2v) is 5.80. The number of hydrogen-bond acceptors (Lipinski definition) is 3. The number of hydrogen-bond donors (Lipinski definition) is 2. The van der Waals surface area contributed by atoms with Gasteiger partial charge >= 0.3 is 0 Å². The van der Waals surface area contributed by atoms with Crippen molar-refractivity contribution in [1.82, 2.24) is 0 Å². The summed E-state index contributed by atoms with van der Waals surface area (Å²) >= 11 is 1.58. The third-order valence-electron chi connectivity index (χ3n) is 3.35. The molecule has 2 aromatic rings. The van der Waals surface area contributed by atoms with Gasteiger partial charge in [-0.1, -0.05) is 18.2 Å². The highest BCUT2D eigenvalue weighted by Crippen LogP contribution is 2.40. The van der Waals surface area contributed by atoms with E-state index in [1.165, 1.54) is 0 Å². The summed E-state index contributed by atoms with van der Waals surface area (Å²) in [5.41, 5.74) is 6.19. The van der Waals surface area contributed by atoms with Crippen molar-refractivity contribution in [3.05, 3.63) is 53.6 Å². The summed E-state index contributed by atoms with van der Waals surface area (Å²) in [6, 6.07) is 9.27. The van der Waals surface area contributed by atoms with Crippen molar-refractivity contribution in [2.45, 2.75) is 10.8 Å². The van der Waals surface area contributed by atoms with Crippen molar-refractivity contribution in [2.75, 3.05) is 16.8 Å². The van der Waals surface area contributed by atoms with Crippen LogP contribution in [0.3, 0.4) is 0 Å². The number of carbonyl (C=O) groups is 1. The van der Waals surface area contributed by atoms with Gasteiger partial charge in [-0.05, 0) is 17.7 Å². The van der Waals surface area contributed by atoms with Gasteiger partial charge in [-0.3, -0.25) is 4.79 Å². The summed E-state index contributed by atoms with van der Waals surface area (Å²) in [5.74, 6) is -1.77. The first-order valence-corrected chi connectivity index (χ1v) is 7.32. The second kappa shape index (κ2) is 5.37. The fourth-order valence-corrected chi connectivity index (χ4v) is 3.54. The first-order valence-electron chi connectivity index (χ1n) is 6.33. The first-order chi connectivity index (χ1) is 10.1. The van der Waals surface area contributed by atoms with E-state index in [4.69, 9.17) is 5.73 Å². The summed E-state index contributed by atoms with van der Waals surface area (Å²) < 4.78 is 26.7. The maximum Gasteiger partial charge on any atom is 0.232 e. The fraction of sp³-hybridized carbons (Fsp3) is 0.133. The number of anilines is 2. The molecule has 1 heterocycles. The molecule has 0 saturated carbocycles. The summed E-state index contributed by atoms with van der Waals surface area (Å²) in [4.78, 5) is 13.4. The third-order valence-corrected chi connectivity index (χ3v) is 4.53. The minimum atomic E-state index is -0.875. The Hall–Kier alpha value is -2.08. The molecule has 0 aliphatic carbocycles. The van der Waals surface area contributed by atoms with Crippen LogP contribution >= 0.6 is 11.8 Å². The minimum absolute atomic E-state index is 0.125. The highest BCUT2D eigenvalue weighted by molar-refractivity contribution is 7.99. The molecular weight excluding hydrogens is 294 g/mol. The number of rotatable bonds is 2. The van der Waals surface area contributed by atoms with Gasteiger partial charge in [-0.2, -0.15) is 0 Å². The van der Waals surface area contributed by atoms with Crippen LogP contribution in [0.4, 0.5) is 20.2 Å². The summed E-state index contributed by atoms with van der Waals surface area (Å²) in [6.45, 7) is 0. The van der Waals surface area contributed by atoms with Crippen molar-refractivity contribution < 1.29 is 13.6 Å². The van der Waals surface area contributed by atoms with Crippen LogP contribution in [0.15, 0.2) is 41.3 Å². The van der Waals surface area contributed by atoms with Gasteiger partial charge < -0.3 is 11.1 Å². The molecule has 2 aromatic carbocycles. The quantitative estimate of drug-likeness (QED) is 0.836. The topological polar surface area (TPSA) is 55.1 Å². The van der Waals surface area contributed by atoms with E-state index in [-0.39, 0.29) is 23.2 Å². The van der Waals surface area contributed by atoms with E-state index in [1.54, 1.807) is 11.8 Å². The van der Waals surface area contributed by atoms with Crippen LogP contribution in [0.1, 0.15) is 11.5 Å². The molecule has 1 atom stereocenters. The molecule has 0 spiro atoms. The van der Waals surface area contributed by atoms with Crippen LogP contribution in [0.2, 0.25) is 0 Å². The maximum absolute atomic E-state index is 13.7. The zero-order valence-corrected chi connectivity index (χ0v) is 11.7. The Balaban J connectivity index is 1.86. The third kappa shape index (κ3) is 2.58. The molecular formula is C15H12F2N2OS. The Morgan fingerprint density at radius 1 is 1.29 bits per heavy atom. The van der Waals surface area contributed by atoms with Crippen LogP contribution in [0.5, 0.6) is 0 Å². The lowest BCUT2D eigenvalue weighted by Gasteiger charge is -2.14. The number of carbonyl (C=O) groups excluding carboxylic acids is 1. The van der Waals surface area contributed by atoms with E-state index in [2.05, 4.69) is 5.32 Å². The molecule has 21 heavy (non-hydrogen) atoms. The number of fused-ring (bicyclic) bond motifs is 1. The number of nitrogens with two attached hydrogens (primary N) is 1. The van der Waals surface area contributed by atoms with E-state index in [0.717, 1.165) is 16.5 Å². The van der Waals surface area contributed by atoms with Crippen LogP contribution in [-0.4, -0.2) is 11.7 Å².